The van der Waals surface area contributed by atoms with Crippen molar-refractivity contribution in [3.8, 4) is 50.2 Å². The lowest BCUT2D eigenvalue weighted by Gasteiger charge is -2.40. The first-order valence-corrected chi connectivity index (χ1v) is 26.8. The fourth-order valence-electron chi connectivity index (χ4n) is 15.1. The number of benzene rings is 12. The van der Waals surface area contributed by atoms with E-state index in [1.165, 1.54) is 105 Å². The fraction of sp³-hybridized carbons (Fsp3) is 0.0270. The highest BCUT2D eigenvalue weighted by atomic mass is 16.3. The molecule has 1 unspecified atom stereocenters. The quantitative estimate of drug-likeness (QED) is 0.175. The number of fused-ring (bicyclic) bond motifs is 25. The molecule has 1 atom stereocenters. The lowest BCUT2D eigenvalue weighted by Crippen LogP contribution is -2.33. The van der Waals surface area contributed by atoms with E-state index in [1.54, 1.807) is 0 Å². The molecule has 12 aromatic carbocycles. The monoisotopic (exact) mass is 976 g/mol. The maximum Gasteiger partial charge on any atom is 0.136 e. The highest BCUT2D eigenvalue weighted by Gasteiger charge is 2.54. The van der Waals surface area contributed by atoms with Crippen molar-refractivity contribution < 1.29 is 4.42 Å². The molecule has 4 aliphatic rings. The van der Waals surface area contributed by atoms with Crippen LogP contribution in [0.15, 0.2) is 271 Å². The van der Waals surface area contributed by atoms with Crippen molar-refractivity contribution in [3.63, 3.8) is 0 Å². The first-order chi connectivity index (χ1) is 38.2. The van der Waals surface area contributed by atoms with Gasteiger partial charge in [0.2, 0.25) is 0 Å². The number of hydrogen-bond acceptors (Lipinski definition) is 2. The summed E-state index contributed by atoms with van der Waals surface area (Å²) in [6.07, 6.45) is 0. The predicted molar refractivity (Wildman–Crippen MR) is 315 cm³/mol. The SMILES string of the molecule is c1ccc2c(c1)-c1ccccc1C21c2ccccc2-c2c(N(c3ccc(-c4ccc5c(c4)oc4ccccc45)cc3)c3ccc4c(c3)C3(c5ccccc5-4)c4ccccc4-n4c5ccccc5c5cccc3c54)cccc21. The van der Waals surface area contributed by atoms with Crippen molar-refractivity contribution in [2.24, 2.45) is 0 Å². The topological polar surface area (TPSA) is 21.3 Å². The summed E-state index contributed by atoms with van der Waals surface area (Å²) in [7, 11) is 0. The zero-order valence-corrected chi connectivity index (χ0v) is 41.7. The second kappa shape index (κ2) is 14.9. The van der Waals surface area contributed by atoms with Gasteiger partial charge in [-0.25, -0.2) is 0 Å². The van der Waals surface area contributed by atoms with Crippen LogP contribution in [0.2, 0.25) is 0 Å². The molecule has 356 valence electrons. The molecule has 3 heterocycles. The number of nitrogens with zero attached hydrogens (tertiary/aromatic N) is 2. The van der Waals surface area contributed by atoms with Crippen LogP contribution in [0.5, 0.6) is 0 Å². The van der Waals surface area contributed by atoms with Gasteiger partial charge in [-0.3, -0.25) is 0 Å². The van der Waals surface area contributed by atoms with Crippen LogP contribution in [0.25, 0.3) is 93.9 Å². The van der Waals surface area contributed by atoms with E-state index in [1.807, 2.05) is 6.07 Å². The highest BCUT2D eigenvalue weighted by molar-refractivity contribution is 6.13. The molecular weight excluding hydrogens is 933 g/mol. The Hall–Kier alpha value is -9.96. The number of furan rings is 1. The van der Waals surface area contributed by atoms with E-state index in [9.17, 15) is 0 Å². The number of rotatable bonds is 4. The molecule has 0 saturated heterocycles. The summed E-state index contributed by atoms with van der Waals surface area (Å²) in [5.74, 6) is 0. The Morgan fingerprint density at radius 2 is 0.831 bits per heavy atom. The summed E-state index contributed by atoms with van der Waals surface area (Å²) in [6.45, 7) is 0. The van der Waals surface area contributed by atoms with E-state index in [0.717, 1.165) is 50.1 Å². The minimum atomic E-state index is -0.611. The number of aromatic nitrogens is 1. The van der Waals surface area contributed by atoms with Gasteiger partial charge in [-0.05, 0) is 144 Å². The standard InChI is InChI=1S/C74H44N2O/c1-7-24-58-49(17-1)50-18-2-8-25-59(50)73(58)61-27-10-4-22-57(61)71-63(73)29-16-33-68(71)75(47-38-35-45(36-39-47)46-37-41-55-54-21-6-14-34-69(54)77-70(55)43-46)48-40-42-52-51-19-3-9-26-60(51)74(65(52)44-48)62-28-11-13-32-67(62)76-66-31-12-5-20-53(66)56-23-15-30-64(74)72(56)76/h1-44H. The van der Waals surface area contributed by atoms with Crippen molar-refractivity contribution in [3.05, 3.63) is 311 Å². The second-order valence-electron chi connectivity index (χ2n) is 21.4. The summed E-state index contributed by atoms with van der Waals surface area (Å²) in [4.78, 5) is 2.55. The predicted octanol–water partition coefficient (Wildman–Crippen LogP) is 18.8. The minimum Gasteiger partial charge on any atom is -0.456 e. The van der Waals surface area contributed by atoms with E-state index in [2.05, 4.69) is 270 Å². The first kappa shape index (κ1) is 41.4. The van der Waals surface area contributed by atoms with Gasteiger partial charge in [0, 0.05) is 38.5 Å². The average Bonchev–Trinajstić information content (AvgIpc) is 4.45. The molecule has 3 heteroatoms. The third-order valence-electron chi connectivity index (χ3n) is 18.0. The van der Waals surface area contributed by atoms with Gasteiger partial charge in [-0.2, -0.15) is 0 Å². The van der Waals surface area contributed by atoms with Gasteiger partial charge >= 0.3 is 0 Å². The fourth-order valence-corrected chi connectivity index (χ4v) is 15.1. The van der Waals surface area contributed by atoms with Crippen LogP contribution in [0, 0.1) is 0 Å². The van der Waals surface area contributed by atoms with E-state index in [0.29, 0.717) is 0 Å². The molecule has 0 fully saturated rings. The summed E-state index contributed by atoms with van der Waals surface area (Å²) < 4.78 is 8.95. The zero-order chi connectivity index (χ0) is 50.1. The molecule has 0 radical (unpaired) electrons. The molecule has 0 bridgehead atoms. The van der Waals surface area contributed by atoms with Crippen LogP contribution in [0.4, 0.5) is 17.1 Å². The Kier molecular flexibility index (Phi) is 8.00. The van der Waals surface area contributed by atoms with E-state index >= 15 is 0 Å². The van der Waals surface area contributed by atoms with Crippen LogP contribution in [0.3, 0.4) is 0 Å². The van der Waals surface area contributed by atoms with Crippen molar-refractivity contribution in [1.29, 1.82) is 0 Å². The Morgan fingerprint density at radius 3 is 1.58 bits per heavy atom. The van der Waals surface area contributed by atoms with Gasteiger partial charge in [-0.1, -0.05) is 206 Å². The molecule has 0 N–H and O–H groups in total. The van der Waals surface area contributed by atoms with Gasteiger partial charge in [0.1, 0.15) is 11.2 Å². The largest absolute Gasteiger partial charge is 0.456 e. The highest BCUT2D eigenvalue weighted by Crippen LogP contribution is 2.66. The van der Waals surface area contributed by atoms with Crippen LogP contribution in [0.1, 0.15) is 44.5 Å². The zero-order valence-electron chi connectivity index (χ0n) is 41.7. The van der Waals surface area contributed by atoms with Crippen LogP contribution in [-0.4, -0.2) is 4.57 Å². The summed E-state index contributed by atoms with van der Waals surface area (Å²) in [6, 6.07) is 100. The van der Waals surface area contributed by atoms with Crippen LogP contribution in [-0.2, 0) is 10.8 Å². The smallest absolute Gasteiger partial charge is 0.136 e. The van der Waals surface area contributed by atoms with Gasteiger partial charge < -0.3 is 13.9 Å². The van der Waals surface area contributed by atoms with Gasteiger partial charge in [-0.15, -0.1) is 0 Å². The molecule has 18 rings (SSSR count). The maximum atomic E-state index is 6.42. The van der Waals surface area contributed by atoms with Crippen LogP contribution < -0.4 is 4.90 Å². The Bertz CT molecular complexity index is 4850. The number of para-hydroxylation sites is 4. The van der Waals surface area contributed by atoms with E-state index in [4.69, 9.17) is 4.42 Å². The lowest BCUT2D eigenvalue weighted by atomic mass is 9.65. The summed E-state index contributed by atoms with van der Waals surface area (Å²) >= 11 is 0. The van der Waals surface area contributed by atoms with E-state index in [-0.39, 0.29) is 0 Å². The molecule has 0 amide bonds. The number of hydrogen-bond donors (Lipinski definition) is 0. The van der Waals surface area contributed by atoms with Crippen molar-refractivity contribution in [2.45, 2.75) is 10.8 Å². The third kappa shape index (κ3) is 5.07. The van der Waals surface area contributed by atoms with Crippen molar-refractivity contribution in [2.75, 3.05) is 4.90 Å². The van der Waals surface area contributed by atoms with Crippen LogP contribution >= 0.6 is 0 Å². The van der Waals surface area contributed by atoms with Gasteiger partial charge in [0.25, 0.3) is 0 Å². The van der Waals surface area contributed by atoms with Gasteiger partial charge in [0.05, 0.1) is 33.2 Å². The molecule has 3 nitrogen and oxygen atoms in total. The molecular formula is C74H44N2O. The molecule has 14 aromatic rings. The number of anilines is 3. The molecule has 2 aromatic heterocycles. The Labute approximate surface area is 444 Å². The molecule has 1 aliphatic heterocycles. The molecule has 0 saturated carbocycles. The molecule has 3 aliphatic carbocycles. The molecule has 2 spiro atoms. The van der Waals surface area contributed by atoms with Crippen molar-refractivity contribution >= 4 is 60.8 Å². The maximum absolute atomic E-state index is 6.42. The summed E-state index contributed by atoms with van der Waals surface area (Å²) in [5.41, 5.74) is 28.1. The average molecular weight is 977 g/mol. The lowest BCUT2D eigenvalue weighted by molar-refractivity contribution is 0.669. The Balaban J connectivity index is 0.909. The molecule has 77 heavy (non-hydrogen) atoms. The summed E-state index contributed by atoms with van der Waals surface area (Å²) in [5, 5.41) is 4.81. The third-order valence-corrected chi connectivity index (χ3v) is 18.0. The normalized spacial score (nSPS) is 15.4. The Morgan fingerprint density at radius 1 is 0.312 bits per heavy atom. The minimum absolute atomic E-state index is 0.494. The first-order valence-electron chi connectivity index (χ1n) is 26.8. The van der Waals surface area contributed by atoms with E-state index < -0.39 is 10.8 Å². The second-order valence-corrected chi connectivity index (χ2v) is 21.4. The van der Waals surface area contributed by atoms with Crippen molar-refractivity contribution in [1.82, 2.24) is 4.57 Å². The van der Waals surface area contributed by atoms with Gasteiger partial charge in [0.15, 0.2) is 0 Å².